The van der Waals surface area contributed by atoms with Crippen LogP contribution in [-0.2, 0) is 27.2 Å². The van der Waals surface area contributed by atoms with E-state index in [4.69, 9.17) is 25.5 Å². The maximum absolute atomic E-state index is 10.1. The minimum Gasteiger partial charge on any atom is -0.478 e. The summed E-state index contributed by atoms with van der Waals surface area (Å²) in [6.45, 7) is 7.72. The molecule has 0 saturated heterocycles. The van der Waals surface area contributed by atoms with Crippen LogP contribution in [0.2, 0.25) is 0 Å². The molecule has 0 fully saturated rings. The summed E-state index contributed by atoms with van der Waals surface area (Å²) in [6.07, 6.45) is 2.68. The fourth-order valence-corrected chi connectivity index (χ4v) is 0.732. The first kappa shape index (κ1) is 34.4. The van der Waals surface area contributed by atoms with Gasteiger partial charge in [-0.25, -0.2) is 4.79 Å². The number of rotatable bonds is 2. The molecule has 1 rings (SSSR count). The van der Waals surface area contributed by atoms with Crippen molar-refractivity contribution < 1.29 is 52.7 Å². The molecule has 0 aromatic heterocycles. The third-order valence-corrected chi connectivity index (χ3v) is 1.22. The smallest absolute Gasteiger partial charge is 0.328 e. The Morgan fingerprint density at radius 1 is 0.833 bits per heavy atom. The number of hydrogen-bond donors (Lipinski definition) is 5. The molecule has 141 valence electrons. The average molecular weight is 425 g/mol. The van der Waals surface area contributed by atoms with Gasteiger partial charge in [-0.3, -0.25) is 0 Å². The van der Waals surface area contributed by atoms with Crippen molar-refractivity contribution in [1.29, 1.82) is 0 Å². The van der Waals surface area contributed by atoms with Gasteiger partial charge in [0.2, 0.25) is 0 Å². The zero-order valence-corrected chi connectivity index (χ0v) is 17.2. The molecule has 5 N–H and O–H groups in total. The van der Waals surface area contributed by atoms with Crippen LogP contribution in [0.4, 0.5) is 0 Å². The summed E-state index contributed by atoms with van der Waals surface area (Å²) < 4.78 is 0. The van der Waals surface area contributed by atoms with Gasteiger partial charge in [0.15, 0.2) is 0 Å². The van der Waals surface area contributed by atoms with Crippen molar-refractivity contribution in [2.45, 2.75) is 27.7 Å². The molecule has 6 nitrogen and oxygen atoms in total. The Hall–Kier alpha value is -0.990. The van der Waals surface area contributed by atoms with Gasteiger partial charge in [0.1, 0.15) is 0 Å². The minimum atomic E-state index is -0.922. The summed E-state index contributed by atoms with van der Waals surface area (Å²) in [6, 6.07) is 9.31. The number of carboxylic acids is 1. The Morgan fingerprint density at radius 2 is 1.12 bits per heavy atom. The van der Waals surface area contributed by atoms with Crippen LogP contribution in [0.3, 0.4) is 0 Å². The summed E-state index contributed by atoms with van der Waals surface area (Å²) in [5.41, 5.74) is 0.898. The number of aliphatic carboxylic acids is 1. The molecule has 1 radical (unpaired) electrons. The Balaban J connectivity index is -0.0000000777. The van der Waals surface area contributed by atoms with E-state index >= 15 is 0 Å². The molecule has 7 heteroatoms. The van der Waals surface area contributed by atoms with E-state index in [0.717, 1.165) is 11.6 Å². The van der Waals surface area contributed by atoms with Gasteiger partial charge in [-0.2, -0.15) is 0 Å². The van der Waals surface area contributed by atoms with E-state index in [1.54, 1.807) is 33.8 Å². The average Bonchev–Trinajstić information content (AvgIpc) is 2.49. The molecule has 24 heavy (non-hydrogen) atoms. The quantitative estimate of drug-likeness (QED) is 0.364. The summed E-state index contributed by atoms with van der Waals surface area (Å²) in [5.74, 6) is -0.922. The van der Waals surface area contributed by atoms with Crippen molar-refractivity contribution in [2.24, 2.45) is 0 Å². The number of aliphatic hydroxyl groups is 4. The minimum absolute atomic E-state index is 0. The van der Waals surface area contributed by atoms with E-state index in [1.165, 1.54) is 0 Å². The predicted molar refractivity (Wildman–Crippen MR) is 94.2 cm³/mol. The number of carboxylic acid groups (broad SMARTS) is 1. The topological polar surface area (TPSA) is 118 Å². The van der Waals surface area contributed by atoms with E-state index in [2.05, 4.69) is 0 Å². The first-order valence-corrected chi connectivity index (χ1v) is 7.34. The van der Waals surface area contributed by atoms with Crippen molar-refractivity contribution in [3.05, 3.63) is 42.0 Å². The Kier molecular flexibility index (Phi) is 54.3. The second kappa shape index (κ2) is 37.9. The van der Waals surface area contributed by atoms with Crippen LogP contribution in [0.15, 0.2) is 36.4 Å². The molecule has 0 heterocycles. The summed E-state index contributed by atoms with van der Waals surface area (Å²) in [4.78, 5) is 10.1. The van der Waals surface area contributed by atoms with E-state index in [1.807, 2.05) is 30.3 Å². The normalized spacial score (nSPS) is 7.67. The first-order valence-electron chi connectivity index (χ1n) is 7.34. The van der Waals surface area contributed by atoms with Crippen LogP contribution in [0.1, 0.15) is 33.3 Å². The SMILES string of the molecule is CCO.CCO.CCO.CCO.O=C(O)C=Cc1ccccc1.[Nb]. The molecule has 0 aliphatic rings. The third-order valence-electron chi connectivity index (χ3n) is 1.22. The molecule has 1 aromatic carbocycles. The molecular formula is C17H32NbO6. The zero-order valence-electron chi connectivity index (χ0n) is 15.0. The van der Waals surface area contributed by atoms with Crippen molar-refractivity contribution in [3.8, 4) is 0 Å². The monoisotopic (exact) mass is 425 g/mol. The van der Waals surface area contributed by atoms with Crippen LogP contribution < -0.4 is 0 Å². The number of carbonyl (C=O) groups is 1. The molecule has 0 amide bonds. The summed E-state index contributed by atoms with van der Waals surface area (Å²) >= 11 is 0. The Morgan fingerprint density at radius 3 is 1.38 bits per heavy atom. The number of aliphatic hydroxyl groups excluding tert-OH is 4. The maximum atomic E-state index is 10.1. The van der Waals surface area contributed by atoms with Crippen LogP contribution in [0, 0.1) is 0 Å². The first-order chi connectivity index (χ1) is 10.9. The fourth-order valence-electron chi connectivity index (χ4n) is 0.732. The molecule has 0 unspecified atom stereocenters. The molecule has 0 aliphatic carbocycles. The van der Waals surface area contributed by atoms with Crippen molar-refractivity contribution in [1.82, 2.24) is 0 Å². The second-order valence-electron chi connectivity index (χ2n) is 3.35. The molecule has 0 aliphatic heterocycles. The van der Waals surface area contributed by atoms with Crippen LogP contribution >= 0.6 is 0 Å². The van der Waals surface area contributed by atoms with E-state index in [0.29, 0.717) is 0 Å². The standard InChI is InChI=1S/C9H8O2.4C2H6O.Nb/c10-9(11)7-6-8-4-2-1-3-5-8;4*1-2-3;/h1-7H,(H,10,11);4*3H,2H2,1H3;. The van der Waals surface area contributed by atoms with Gasteiger partial charge >= 0.3 is 5.97 Å². The van der Waals surface area contributed by atoms with Gasteiger partial charge in [-0.05, 0) is 39.3 Å². The Labute approximate surface area is 161 Å². The van der Waals surface area contributed by atoms with Gasteiger partial charge in [0.05, 0.1) is 0 Å². The summed E-state index contributed by atoms with van der Waals surface area (Å²) in [5, 5.41) is 38.6. The Bertz CT molecular complexity index is 323. The molecule has 0 spiro atoms. The largest absolute Gasteiger partial charge is 0.478 e. The second-order valence-corrected chi connectivity index (χ2v) is 3.35. The molecule has 0 saturated carbocycles. The van der Waals surface area contributed by atoms with Gasteiger partial charge in [0.25, 0.3) is 0 Å². The molecule has 0 bridgehead atoms. The van der Waals surface area contributed by atoms with Crippen LogP contribution in [-0.4, -0.2) is 57.9 Å². The van der Waals surface area contributed by atoms with Crippen molar-refractivity contribution in [3.63, 3.8) is 0 Å². The number of benzene rings is 1. The number of hydrogen-bond acceptors (Lipinski definition) is 5. The zero-order chi connectivity index (χ0) is 18.9. The molecule has 1 aromatic rings. The molecular weight excluding hydrogens is 393 g/mol. The van der Waals surface area contributed by atoms with Crippen LogP contribution in [0.25, 0.3) is 6.08 Å². The van der Waals surface area contributed by atoms with Crippen molar-refractivity contribution >= 4 is 12.0 Å². The van der Waals surface area contributed by atoms with Gasteiger partial charge < -0.3 is 25.5 Å². The predicted octanol–water partition coefficient (Wildman–Crippen LogP) is 1.78. The third kappa shape index (κ3) is 58.3. The summed E-state index contributed by atoms with van der Waals surface area (Å²) in [7, 11) is 0. The van der Waals surface area contributed by atoms with E-state index in [9.17, 15) is 4.79 Å². The fraction of sp³-hybridized carbons (Fsp3) is 0.471. The van der Waals surface area contributed by atoms with Gasteiger partial charge in [0, 0.05) is 54.9 Å². The van der Waals surface area contributed by atoms with Gasteiger partial charge in [-0.1, -0.05) is 30.3 Å². The van der Waals surface area contributed by atoms with Crippen molar-refractivity contribution in [2.75, 3.05) is 26.4 Å². The maximum Gasteiger partial charge on any atom is 0.328 e. The molecule has 0 atom stereocenters. The van der Waals surface area contributed by atoms with E-state index in [-0.39, 0.29) is 48.8 Å². The van der Waals surface area contributed by atoms with Crippen LogP contribution in [0.5, 0.6) is 0 Å². The van der Waals surface area contributed by atoms with Gasteiger partial charge in [-0.15, -0.1) is 0 Å². The van der Waals surface area contributed by atoms with E-state index < -0.39 is 5.97 Å².